The largest absolute Gasteiger partial charge is 0.308 e. The lowest BCUT2D eigenvalue weighted by Crippen LogP contribution is -2.36. The molecule has 0 saturated heterocycles. The van der Waals surface area contributed by atoms with Crippen molar-refractivity contribution >= 4 is 44.2 Å². The van der Waals surface area contributed by atoms with Crippen LogP contribution in [0.2, 0.25) is 5.02 Å². The number of likely N-dealkylation sites (N-methyl/N-ethyl adjacent to an activating group) is 1. The van der Waals surface area contributed by atoms with Crippen molar-refractivity contribution in [1.29, 1.82) is 0 Å². The van der Waals surface area contributed by atoms with E-state index in [1.54, 1.807) is 40.5 Å². The molecule has 136 valence electrons. The molecule has 0 atom stereocenters. The predicted molar refractivity (Wildman–Crippen MR) is 111 cm³/mol. The van der Waals surface area contributed by atoms with E-state index < -0.39 is 0 Å². The lowest BCUT2D eigenvalue weighted by molar-refractivity contribution is 0.0985. The number of hydrogen-bond donors (Lipinski definition) is 0. The highest BCUT2D eigenvalue weighted by molar-refractivity contribution is 7.22. The van der Waals surface area contributed by atoms with Crippen LogP contribution in [0.5, 0.6) is 0 Å². The SMILES string of the molecule is Cc1cc(C)c2nc(N(CCN(C)C)C(=O)c3ccc(Cl)cc3)sc2c1. The minimum absolute atomic E-state index is 0.0584. The van der Waals surface area contributed by atoms with Crippen LogP contribution in [0.3, 0.4) is 0 Å². The topological polar surface area (TPSA) is 36.4 Å². The molecule has 0 aliphatic carbocycles. The van der Waals surface area contributed by atoms with E-state index in [2.05, 4.69) is 30.9 Å². The molecule has 0 fully saturated rings. The summed E-state index contributed by atoms with van der Waals surface area (Å²) in [7, 11) is 3.99. The number of carbonyl (C=O) groups is 1. The monoisotopic (exact) mass is 387 g/mol. The third kappa shape index (κ3) is 4.06. The Labute approximate surface area is 163 Å². The van der Waals surface area contributed by atoms with Gasteiger partial charge in [0.2, 0.25) is 0 Å². The number of anilines is 1. The number of benzene rings is 2. The van der Waals surface area contributed by atoms with E-state index in [0.29, 0.717) is 17.1 Å². The predicted octanol–water partition coefficient (Wildman–Crippen LogP) is 4.77. The van der Waals surface area contributed by atoms with Gasteiger partial charge in [0.25, 0.3) is 5.91 Å². The number of nitrogens with zero attached hydrogens (tertiary/aromatic N) is 3. The average Bonchev–Trinajstić information content (AvgIpc) is 2.99. The van der Waals surface area contributed by atoms with Crippen LogP contribution in [-0.2, 0) is 0 Å². The Morgan fingerprint density at radius 3 is 2.46 bits per heavy atom. The number of rotatable bonds is 5. The average molecular weight is 388 g/mol. The maximum Gasteiger partial charge on any atom is 0.260 e. The first-order valence-corrected chi connectivity index (χ1v) is 9.64. The van der Waals surface area contributed by atoms with Gasteiger partial charge in [-0.2, -0.15) is 0 Å². The summed E-state index contributed by atoms with van der Waals surface area (Å²) < 4.78 is 1.11. The molecule has 3 rings (SSSR count). The Morgan fingerprint density at radius 2 is 1.81 bits per heavy atom. The van der Waals surface area contributed by atoms with Crippen molar-refractivity contribution < 1.29 is 4.79 Å². The maximum atomic E-state index is 13.1. The van der Waals surface area contributed by atoms with Crippen LogP contribution < -0.4 is 4.90 Å². The van der Waals surface area contributed by atoms with Crippen molar-refractivity contribution in [3.8, 4) is 0 Å². The summed E-state index contributed by atoms with van der Waals surface area (Å²) in [6.45, 7) is 5.47. The molecule has 0 spiro atoms. The summed E-state index contributed by atoms with van der Waals surface area (Å²) in [6.07, 6.45) is 0. The molecule has 1 amide bonds. The van der Waals surface area contributed by atoms with E-state index in [0.717, 1.165) is 27.5 Å². The molecule has 0 bridgehead atoms. The van der Waals surface area contributed by atoms with Gasteiger partial charge in [0.1, 0.15) is 0 Å². The van der Waals surface area contributed by atoms with E-state index in [1.165, 1.54) is 5.56 Å². The van der Waals surface area contributed by atoms with Crippen molar-refractivity contribution in [2.45, 2.75) is 13.8 Å². The second-order valence-corrected chi connectivity index (χ2v) is 8.14. The number of aryl methyl sites for hydroxylation is 2. The molecule has 1 heterocycles. The lowest BCUT2D eigenvalue weighted by Gasteiger charge is -2.22. The van der Waals surface area contributed by atoms with Gasteiger partial charge in [-0.3, -0.25) is 9.69 Å². The minimum Gasteiger partial charge on any atom is -0.308 e. The van der Waals surface area contributed by atoms with Crippen LogP contribution in [-0.4, -0.2) is 43.0 Å². The van der Waals surface area contributed by atoms with Gasteiger partial charge in [0.05, 0.1) is 10.2 Å². The van der Waals surface area contributed by atoms with Gasteiger partial charge in [-0.25, -0.2) is 4.98 Å². The van der Waals surface area contributed by atoms with Gasteiger partial charge >= 0.3 is 0 Å². The van der Waals surface area contributed by atoms with Crippen molar-refractivity contribution in [1.82, 2.24) is 9.88 Å². The summed E-state index contributed by atoms with van der Waals surface area (Å²) in [5, 5.41) is 1.35. The molecular weight excluding hydrogens is 366 g/mol. The molecule has 0 saturated carbocycles. The zero-order valence-electron chi connectivity index (χ0n) is 15.4. The molecule has 0 N–H and O–H groups in total. The smallest absolute Gasteiger partial charge is 0.260 e. The van der Waals surface area contributed by atoms with Gasteiger partial charge in [-0.15, -0.1) is 0 Å². The highest BCUT2D eigenvalue weighted by atomic mass is 35.5. The summed E-state index contributed by atoms with van der Waals surface area (Å²) in [6, 6.07) is 11.2. The first-order valence-electron chi connectivity index (χ1n) is 8.45. The zero-order valence-corrected chi connectivity index (χ0v) is 17.0. The number of halogens is 1. The molecule has 2 aromatic carbocycles. The van der Waals surface area contributed by atoms with Gasteiger partial charge in [0, 0.05) is 23.7 Å². The van der Waals surface area contributed by atoms with Gasteiger partial charge in [0.15, 0.2) is 5.13 Å². The van der Waals surface area contributed by atoms with Gasteiger partial charge in [-0.05, 0) is 69.4 Å². The molecular formula is C20H22ClN3OS. The molecule has 6 heteroatoms. The number of thiazole rings is 1. The van der Waals surface area contributed by atoms with Crippen molar-refractivity contribution in [3.63, 3.8) is 0 Å². The fourth-order valence-corrected chi connectivity index (χ4v) is 4.10. The van der Waals surface area contributed by atoms with Crippen LogP contribution in [0, 0.1) is 13.8 Å². The minimum atomic E-state index is -0.0584. The Bertz CT molecular complexity index is 934. The summed E-state index contributed by atoms with van der Waals surface area (Å²) in [4.78, 5) is 21.7. The third-order valence-electron chi connectivity index (χ3n) is 4.16. The Hall–Kier alpha value is -1.95. The number of carbonyl (C=O) groups excluding carboxylic acids is 1. The summed E-state index contributed by atoms with van der Waals surface area (Å²) in [5.41, 5.74) is 3.91. The fourth-order valence-electron chi connectivity index (χ4n) is 2.81. The number of amides is 1. The van der Waals surface area contributed by atoms with Gasteiger partial charge in [-0.1, -0.05) is 29.0 Å². The third-order valence-corrected chi connectivity index (χ3v) is 5.43. The Morgan fingerprint density at radius 1 is 1.12 bits per heavy atom. The standard InChI is InChI=1S/C20H22ClN3OS/c1-13-11-14(2)18-17(12-13)26-20(22-18)24(10-9-23(3)4)19(25)15-5-7-16(21)8-6-15/h5-8,11-12H,9-10H2,1-4H3. The number of hydrogen-bond acceptors (Lipinski definition) is 4. The highest BCUT2D eigenvalue weighted by Crippen LogP contribution is 2.32. The Kier molecular flexibility index (Phi) is 5.61. The summed E-state index contributed by atoms with van der Waals surface area (Å²) in [5.74, 6) is -0.0584. The first-order chi connectivity index (χ1) is 12.3. The molecule has 0 unspecified atom stereocenters. The highest BCUT2D eigenvalue weighted by Gasteiger charge is 2.22. The zero-order chi connectivity index (χ0) is 18.8. The Balaban J connectivity index is 2.01. The van der Waals surface area contributed by atoms with E-state index >= 15 is 0 Å². The molecule has 3 aromatic rings. The van der Waals surface area contributed by atoms with E-state index in [1.807, 2.05) is 14.1 Å². The van der Waals surface area contributed by atoms with Crippen LogP contribution in [0.4, 0.5) is 5.13 Å². The van der Waals surface area contributed by atoms with E-state index in [-0.39, 0.29) is 5.91 Å². The second-order valence-electron chi connectivity index (χ2n) is 6.69. The second kappa shape index (κ2) is 7.74. The molecule has 1 aromatic heterocycles. The van der Waals surface area contributed by atoms with E-state index in [4.69, 9.17) is 16.6 Å². The maximum absolute atomic E-state index is 13.1. The van der Waals surface area contributed by atoms with Crippen molar-refractivity contribution in [2.24, 2.45) is 0 Å². The number of fused-ring (bicyclic) bond motifs is 1. The van der Waals surface area contributed by atoms with Crippen LogP contribution >= 0.6 is 22.9 Å². The van der Waals surface area contributed by atoms with Crippen molar-refractivity contribution in [2.75, 3.05) is 32.1 Å². The first kappa shape index (κ1) is 18.8. The molecule has 0 aliphatic heterocycles. The van der Waals surface area contributed by atoms with Gasteiger partial charge < -0.3 is 4.90 Å². The normalized spacial score (nSPS) is 11.3. The lowest BCUT2D eigenvalue weighted by atomic mass is 10.1. The van der Waals surface area contributed by atoms with Crippen LogP contribution in [0.25, 0.3) is 10.2 Å². The number of aromatic nitrogens is 1. The molecule has 26 heavy (non-hydrogen) atoms. The van der Waals surface area contributed by atoms with Crippen LogP contribution in [0.1, 0.15) is 21.5 Å². The fraction of sp³-hybridized carbons (Fsp3) is 0.300. The van der Waals surface area contributed by atoms with Crippen LogP contribution in [0.15, 0.2) is 36.4 Å². The quantitative estimate of drug-likeness (QED) is 0.632. The van der Waals surface area contributed by atoms with Crippen molar-refractivity contribution in [3.05, 3.63) is 58.1 Å². The van der Waals surface area contributed by atoms with E-state index in [9.17, 15) is 4.79 Å². The molecule has 4 nitrogen and oxygen atoms in total. The molecule has 0 radical (unpaired) electrons. The molecule has 0 aliphatic rings. The summed E-state index contributed by atoms with van der Waals surface area (Å²) >= 11 is 7.52.